The van der Waals surface area contributed by atoms with Gasteiger partial charge in [-0.25, -0.2) is 15.0 Å². The number of pyridine rings is 1. The van der Waals surface area contributed by atoms with Gasteiger partial charge < -0.3 is 14.8 Å². The summed E-state index contributed by atoms with van der Waals surface area (Å²) in [6, 6.07) is 4.28. The number of aromatic amines is 1. The predicted molar refractivity (Wildman–Crippen MR) is 116 cm³/mol. The summed E-state index contributed by atoms with van der Waals surface area (Å²) in [4.78, 5) is 21.8. The van der Waals surface area contributed by atoms with Crippen molar-refractivity contribution >= 4 is 38.6 Å². The first-order valence-corrected chi connectivity index (χ1v) is 10.7. The standard InChI is InChI=1S/C21H25BrN6/c1-14-9-18(24-10-17(14)22)27-7-4-15-5-8-28(12-21(15,2)11-27)20-16-3-6-23-19(16)25-13-26-20/h3,6,9-10,13,15H,4-5,7-8,11-12H2,1-2H3,(H,23,25,26)/t15-,21+/m0/s1. The first-order valence-electron chi connectivity index (χ1n) is 9.94. The molecule has 0 amide bonds. The zero-order valence-corrected chi connectivity index (χ0v) is 17.9. The molecule has 0 aliphatic carbocycles. The molecule has 2 aliphatic heterocycles. The van der Waals surface area contributed by atoms with Crippen molar-refractivity contribution in [1.29, 1.82) is 0 Å². The molecular formula is C21H25BrN6. The Morgan fingerprint density at radius 2 is 1.93 bits per heavy atom. The van der Waals surface area contributed by atoms with Gasteiger partial charge >= 0.3 is 0 Å². The first kappa shape index (κ1) is 17.9. The maximum atomic E-state index is 4.68. The molecule has 28 heavy (non-hydrogen) atoms. The summed E-state index contributed by atoms with van der Waals surface area (Å²) in [6.45, 7) is 8.77. The van der Waals surface area contributed by atoms with Crippen LogP contribution in [0.2, 0.25) is 0 Å². The summed E-state index contributed by atoms with van der Waals surface area (Å²) >= 11 is 3.57. The zero-order valence-electron chi connectivity index (χ0n) is 16.3. The Labute approximate surface area is 173 Å². The Bertz CT molecular complexity index is 1020. The molecule has 5 heterocycles. The topological polar surface area (TPSA) is 60.9 Å². The van der Waals surface area contributed by atoms with Crippen LogP contribution in [-0.2, 0) is 0 Å². The number of fused-ring (bicyclic) bond motifs is 2. The molecule has 2 atom stereocenters. The number of aryl methyl sites for hydroxylation is 1. The molecule has 0 unspecified atom stereocenters. The molecular weight excluding hydrogens is 416 g/mol. The number of piperidine rings is 2. The Kier molecular flexibility index (Phi) is 4.30. The minimum absolute atomic E-state index is 0.215. The van der Waals surface area contributed by atoms with Crippen LogP contribution in [0.4, 0.5) is 11.6 Å². The highest BCUT2D eigenvalue weighted by atomic mass is 79.9. The average molecular weight is 441 g/mol. The molecule has 6 nitrogen and oxygen atoms in total. The van der Waals surface area contributed by atoms with Crippen molar-refractivity contribution in [2.45, 2.75) is 26.7 Å². The van der Waals surface area contributed by atoms with Crippen LogP contribution < -0.4 is 9.80 Å². The summed E-state index contributed by atoms with van der Waals surface area (Å²) in [7, 11) is 0. The van der Waals surface area contributed by atoms with Gasteiger partial charge in [0.25, 0.3) is 0 Å². The molecule has 0 aromatic carbocycles. The van der Waals surface area contributed by atoms with Crippen LogP contribution in [0.5, 0.6) is 0 Å². The van der Waals surface area contributed by atoms with Gasteiger partial charge in [0.1, 0.15) is 23.6 Å². The van der Waals surface area contributed by atoms with Crippen LogP contribution >= 0.6 is 15.9 Å². The number of halogens is 1. The Morgan fingerprint density at radius 3 is 2.75 bits per heavy atom. The number of nitrogens with zero attached hydrogens (tertiary/aromatic N) is 5. The van der Waals surface area contributed by atoms with Crippen LogP contribution in [0.3, 0.4) is 0 Å². The van der Waals surface area contributed by atoms with Gasteiger partial charge in [-0.2, -0.15) is 0 Å². The van der Waals surface area contributed by atoms with Crippen LogP contribution in [0.25, 0.3) is 11.0 Å². The van der Waals surface area contributed by atoms with E-state index >= 15 is 0 Å². The average Bonchev–Trinajstić information content (AvgIpc) is 3.17. The van der Waals surface area contributed by atoms with Gasteiger partial charge in [0.2, 0.25) is 0 Å². The Morgan fingerprint density at radius 1 is 1.14 bits per heavy atom. The molecule has 146 valence electrons. The fourth-order valence-corrected chi connectivity index (χ4v) is 5.20. The van der Waals surface area contributed by atoms with Crippen LogP contribution in [0.15, 0.2) is 35.3 Å². The number of anilines is 2. The minimum Gasteiger partial charge on any atom is -0.356 e. The van der Waals surface area contributed by atoms with Crippen LogP contribution in [0, 0.1) is 18.3 Å². The molecule has 3 aromatic heterocycles. The van der Waals surface area contributed by atoms with E-state index in [0.717, 1.165) is 59.2 Å². The van der Waals surface area contributed by atoms with E-state index in [4.69, 9.17) is 0 Å². The fourth-order valence-electron chi connectivity index (χ4n) is 4.99. The largest absolute Gasteiger partial charge is 0.356 e. The molecule has 2 aliphatic rings. The summed E-state index contributed by atoms with van der Waals surface area (Å²) in [5.74, 6) is 2.90. The van der Waals surface area contributed by atoms with Gasteiger partial charge in [0, 0.05) is 48.5 Å². The van der Waals surface area contributed by atoms with Crippen LogP contribution in [-0.4, -0.2) is 46.1 Å². The SMILES string of the molecule is Cc1cc(N2CC[C@H]3CCN(c4ncnc5[nH]ccc45)C[C@@]3(C)C2)ncc1Br. The van der Waals surface area contributed by atoms with E-state index < -0.39 is 0 Å². The summed E-state index contributed by atoms with van der Waals surface area (Å²) < 4.78 is 1.07. The quantitative estimate of drug-likeness (QED) is 0.647. The third-order valence-corrected chi connectivity index (χ3v) is 7.40. The normalized spacial score (nSPS) is 25.2. The van der Waals surface area contributed by atoms with Gasteiger partial charge in [-0.3, -0.25) is 0 Å². The lowest BCUT2D eigenvalue weighted by atomic mass is 9.68. The molecule has 7 heteroatoms. The summed E-state index contributed by atoms with van der Waals surface area (Å²) in [6.07, 6.45) is 7.98. The molecule has 0 bridgehead atoms. The maximum absolute atomic E-state index is 4.68. The van der Waals surface area contributed by atoms with Crippen molar-refractivity contribution in [2.24, 2.45) is 11.3 Å². The number of nitrogens with one attached hydrogen (secondary N) is 1. The van der Waals surface area contributed by atoms with Gasteiger partial charge in [-0.1, -0.05) is 6.92 Å². The van der Waals surface area contributed by atoms with E-state index in [1.165, 1.54) is 18.4 Å². The van der Waals surface area contributed by atoms with E-state index in [0.29, 0.717) is 0 Å². The van der Waals surface area contributed by atoms with Gasteiger partial charge in [0.15, 0.2) is 0 Å². The Balaban J connectivity index is 1.42. The highest BCUT2D eigenvalue weighted by Crippen LogP contribution is 2.44. The molecule has 1 N–H and O–H groups in total. The molecule has 0 radical (unpaired) electrons. The molecule has 0 spiro atoms. The van der Waals surface area contributed by atoms with Crippen LogP contribution in [0.1, 0.15) is 25.3 Å². The lowest BCUT2D eigenvalue weighted by Gasteiger charge is -2.52. The van der Waals surface area contributed by atoms with Crippen molar-refractivity contribution in [3.05, 3.63) is 40.9 Å². The second kappa shape index (κ2) is 6.72. The zero-order chi connectivity index (χ0) is 19.3. The van der Waals surface area contributed by atoms with Gasteiger partial charge in [-0.05, 0) is 59.3 Å². The van der Waals surface area contributed by atoms with E-state index in [1.807, 2.05) is 12.4 Å². The Hall–Kier alpha value is -2.15. The van der Waals surface area contributed by atoms with Gasteiger partial charge in [-0.15, -0.1) is 0 Å². The van der Waals surface area contributed by atoms with Crippen molar-refractivity contribution in [3.63, 3.8) is 0 Å². The molecule has 5 rings (SSSR count). The van der Waals surface area contributed by atoms with E-state index in [2.05, 4.69) is 71.6 Å². The summed E-state index contributed by atoms with van der Waals surface area (Å²) in [5.41, 5.74) is 2.36. The smallest absolute Gasteiger partial charge is 0.142 e. The second-order valence-corrected chi connectivity index (χ2v) is 9.35. The number of hydrogen-bond acceptors (Lipinski definition) is 5. The molecule has 2 saturated heterocycles. The second-order valence-electron chi connectivity index (χ2n) is 8.50. The molecule has 3 aromatic rings. The maximum Gasteiger partial charge on any atom is 0.142 e. The lowest BCUT2D eigenvalue weighted by Crippen LogP contribution is -2.57. The van der Waals surface area contributed by atoms with E-state index in [-0.39, 0.29) is 5.41 Å². The highest BCUT2D eigenvalue weighted by Gasteiger charge is 2.44. The lowest BCUT2D eigenvalue weighted by molar-refractivity contribution is 0.125. The first-order chi connectivity index (χ1) is 13.5. The summed E-state index contributed by atoms with van der Waals surface area (Å²) in [5, 5.41) is 1.11. The molecule has 2 fully saturated rings. The fraction of sp³-hybridized carbons (Fsp3) is 0.476. The van der Waals surface area contributed by atoms with Crippen molar-refractivity contribution in [2.75, 3.05) is 36.0 Å². The highest BCUT2D eigenvalue weighted by molar-refractivity contribution is 9.10. The van der Waals surface area contributed by atoms with Crippen molar-refractivity contribution < 1.29 is 0 Å². The van der Waals surface area contributed by atoms with E-state index in [1.54, 1.807) is 6.33 Å². The predicted octanol–water partition coefficient (Wildman–Crippen LogP) is 4.17. The van der Waals surface area contributed by atoms with Crippen molar-refractivity contribution in [3.8, 4) is 0 Å². The van der Waals surface area contributed by atoms with Gasteiger partial charge in [0.05, 0.1) is 5.39 Å². The molecule has 0 saturated carbocycles. The number of H-pyrrole nitrogens is 1. The third-order valence-electron chi connectivity index (χ3n) is 6.57. The third kappa shape index (κ3) is 2.96. The van der Waals surface area contributed by atoms with Crippen molar-refractivity contribution in [1.82, 2.24) is 19.9 Å². The monoisotopic (exact) mass is 440 g/mol. The minimum atomic E-state index is 0.215. The number of rotatable bonds is 2. The number of aromatic nitrogens is 4. The van der Waals surface area contributed by atoms with E-state index in [9.17, 15) is 0 Å². The number of hydrogen-bond donors (Lipinski definition) is 1.